The van der Waals surface area contributed by atoms with Gasteiger partial charge in [-0.05, 0) is 66.8 Å². The predicted molar refractivity (Wildman–Crippen MR) is 131 cm³/mol. The zero-order chi connectivity index (χ0) is 24.3. The van der Waals surface area contributed by atoms with E-state index in [1.54, 1.807) is 12.3 Å². The molecule has 1 aromatic carbocycles. The van der Waals surface area contributed by atoms with Crippen LogP contribution in [-0.2, 0) is 23.2 Å². The van der Waals surface area contributed by atoms with Gasteiger partial charge in [-0.1, -0.05) is 20.8 Å². The van der Waals surface area contributed by atoms with Gasteiger partial charge in [0, 0.05) is 26.1 Å². The van der Waals surface area contributed by atoms with Crippen LogP contribution in [0.15, 0.2) is 29.1 Å². The van der Waals surface area contributed by atoms with Crippen molar-refractivity contribution in [1.82, 2.24) is 4.90 Å². The Bertz CT molecular complexity index is 1140. The molecule has 5 rings (SSSR count). The van der Waals surface area contributed by atoms with E-state index < -0.39 is 0 Å². The highest BCUT2D eigenvalue weighted by molar-refractivity contribution is 5.94. The number of ether oxygens (including phenoxy) is 1. The Hall–Kier alpha value is -2.78. The largest absolute Gasteiger partial charge is 0.472 e. The second-order valence-corrected chi connectivity index (χ2v) is 11.4. The van der Waals surface area contributed by atoms with Crippen LogP contribution in [0.5, 0.6) is 0 Å². The normalized spacial score (nSPS) is 22.9. The zero-order valence-corrected chi connectivity index (χ0v) is 21.0. The number of rotatable bonds is 4. The van der Waals surface area contributed by atoms with Gasteiger partial charge in [-0.25, -0.2) is 0 Å². The summed E-state index contributed by atoms with van der Waals surface area (Å²) in [4.78, 5) is 17.5. The molecule has 0 N–H and O–H groups in total. The topological polar surface area (TPSA) is 69.7 Å². The summed E-state index contributed by atoms with van der Waals surface area (Å²) in [7, 11) is 0. The summed E-state index contributed by atoms with van der Waals surface area (Å²) in [5.41, 5.74) is 6.05. The Kier molecular flexibility index (Phi) is 5.52. The molecule has 2 fully saturated rings. The van der Waals surface area contributed by atoms with Crippen LogP contribution in [0.2, 0.25) is 0 Å². The Morgan fingerprint density at radius 1 is 1.21 bits per heavy atom. The molecule has 1 amide bonds. The van der Waals surface area contributed by atoms with Gasteiger partial charge in [0.1, 0.15) is 12.3 Å². The van der Waals surface area contributed by atoms with Crippen LogP contribution in [0.1, 0.15) is 80.1 Å². The molecule has 6 nitrogen and oxygen atoms in total. The lowest BCUT2D eigenvalue weighted by atomic mass is 9.81. The van der Waals surface area contributed by atoms with Crippen molar-refractivity contribution in [3.63, 3.8) is 0 Å². The molecule has 2 aliphatic heterocycles. The van der Waals surface area contributed by atoms with Crippen LogP contribution in [0.3, 0.4) is 0 Å². The molecule has 0 radical (unpaired) electrons. The van der Waals surface area contributed by atoms with Crippen LogP contribution < -0.4 is 4.90 Å². The van der Waals surface area contributed by atoms with E-state index in [0.29, 0.717) is 31.8 Å². The lowest BCUT2D eigenvalue weighted by Crippen LogP contribution is -2.57. The van der Waals surface area contributed by atoms with Gasteiger partial charge in [0.15, 0.2) is 0 Å². The smallest absolute Gasteiger partial charge is 0.257 e. The maximum atomic E-state index is 13.2. The van der Waals surface area contributed by atoms with Crippen LogP contribution in [0.4, 0.5) is 5.69 Å². The van der Waals surface area contributed by atoms with Gasteiger partial charge in [-0.2, -0.15) is 5.26 Å². The van der Waals surface area contributed by atoms with E-state index in [1.807, 2.05) is 4.90 Å². The zero-order valence-electron chi connectivity index (χ0n) is 21.0. The van der Waals surface area contributed by atoms with Crippen LogP contribution in [0.25, 0.3) is 0 Å². The molecule has 1 aromatic heterocycles. The first-order chi connectivity index (χ1) is 16.1. The van der Waals surface area contributed by atoms with Crippen molar-refractivity contribution in [3.05, 3.63) is 52.5 Å². The lowest BCUT2D eigenvalue weighted by molar-refractivity contribution is -0.0406. The molecule has 2 aromatic rings. The van der Waals surface area contributed by atoms with E-state index in [1.165, 1.54) is 30.2 Å². The molecule has 0 unspecified atom stereocenters. The fraction of sp³-hybridized carbons (Fsp3) is 0.571. The molecule has 0 spiro atoms. The van der Waals surface area contributed by atoms with Gasteiger partial charge in [0.2, 0.25) is 0 Å². The Morgan fingerprint density at radius 3 is 2.59 bits per heavy atom. The first kappa shape index (κ1) is 23.0. The summed E-state index contributed by atoms with van der Waals surface area (Å²) < 4.78 is 11.3. The monoisotopic (exact) mass is 461 g/mol. The molecular weight excluding hydrogens is 426 g/mol. The van der Waals surface area contributed by atoms with Crippen LogP contribution in [-0.4, -0.2) is 42.1 Å². The molecule has 3 heterocycles. The molecule has 1 aliphatic carbocycles. The van der Waals surface area contributed by atoms with Gasteiger partial charge < -0.3 is 19.0 Å². The van der Waals surface area contributed by atoms with Crippen molar-refractivity contribution in [2.45, 2.75) is 77.5 Å². The quantitative estimate of drug-likeness (QED) is 0.638. The fourth-order valence-electron chi connectivity index (χ4n) is 5.64. The molecule has 1 atom stereocenters. The number of furan rings is 1. The molecule has 1 saturated heterocycles. The summed E-state index contributed by atoms with van der Waals surface area (Å²) in [5.74, 6) is 0.303. The first-order valence-electron chi connectivity index (χ1n) is 12.4. The summed E-state index contributed by atoms with van der Waals surface area (Å²) >= 11 is 0. The van der Waals surface area contributed by atoms with E-state index >= 15 is 0 Å². The van der Waals surface area contributed by atoms with Gasteiger partial charge in [-0.15, -0.1) is 0 Å². The van der Waals surface area contributed by atoms with E-state index in [4.69, 9.17) is 9.15 Å². The fourth-order valence-corrected chi connectivity index (χ4v) is 5.64. The Labute approximate surface area is 202 Å². The number of carbonyl (C=O) groups excluding carboxylic acids is 1. The molecule has 6 heteroatoms. The van der Waals surface area contributed by atoms with Crippen molar-refractivity contribution >= 4 is 11.6 Å². The molecule has 3 aliphatic rings. The summed E-state index contributed by atoms with van der Waals surface area (Å²) in [6.45, 7) is 13.5. The highest BCUT2D eigenvalue weighted by atomic mass is 16.5. The highest BCUT2D eigenvalue weighted by Crippen LogP contribution is 2.52. The second-order valence-electron chi connectivity index (χ2n) is 11.4. The molecule has 180 valence electrons. The number of amides is 1. The van der Waals surface area contributed by atoms with Crippen LogP contribution in [0, 0.1) is 17.2 Å². The predicted octanol–water partition coefficient (Wildman–Crippen LogP) is 5.04. The van der Waals surface area contributed by atoms with Crippen molar-refractivity contribution in [2.24, 2.45) is 5.92 Å². The van der Waals surface area contributed by atoms with Crippen molar-refractivity contribution in [1.29, 1.82) is 5.26 Å². The van der Waals surface area contributed by atoms with E-state index in [2.05, 4.69) is 51.7 Å². The number of hydrogen-bond donors (Lipinski definition) is 0. The number of anilines is 1. The molecule has 0 bridgehead atoms. The summed E-state index contributed by atoms with van der Waals surface area (Å²) in [6.07, 6.45) is 6.17. The van der Waals surface area contributed by atoms with E-state index in [9.17, 15) is 10.1 Å². The number of piperazine rings is 1. The summed E-state index contributed by atoms with van der Waals surface area (Å²) in [6, 6.07) is 6.63. The minimum atomic E-state index is -0.283. The maximum absolute atomic E-state index is 13.2. The standard InChI is InChI=1S/C28H35N3O3/c1-18(2)25-15-30(9-10-31(25)26(32)19-6-11-33-16-19)24-12-23(28(5)7-8-28)22-17-34-27(3,4)13-20(22)21(24)14-29/h6,11-12,16,18,25H,7-10,13,15,17H2,1-5H3/t25-/m0/s1. The average Bonchev–Trinajstić information content (AvgIpc) is 3.31. The third kappa shape index (κ3) is 3.90. The number of carbonyl (C=O) groups is 1. The summed E-state index contributed by atoms with van der Waals surface area (Å²) in [5, 5.41) is 10.3. The lowest BCUT2D eigenvalue weighted by Gasteiger charge is -2.45. The van der Waals surface area contributed by atoms with Gasteiger partial charge in [0.05, 0.1) is 41.3 Å². The molecule has 34 heavy (non-hydrogen) atoms. The number of fused-ring (bicyclic) bond motifs is 1. The SMILES string of the molecule is CC(C)[C@@H]1CN(c2cc(C3(C)CC3)c3c(c2C#N)CC(C)(C)OC3)CCN1C(=O)c1ccoc1. The minimum absolute atomic E-state index is 0.0168. The molecule has 1 saturated carbocycles. The van der Waals surface area contributed by atoms with Crippen molar-refractivity contribution in [2.75, 3.05) is 24.5 Å². The Morgan fingerprint density at radius 2 is 1.97 bits per heavy atom. The first-order valence-corrected chi connectivity index (χ1v) is 12.4. The highest BCUT2D eigenvalue weighted by Gasteiger charge is 2.44. The Balaban J connectivity index is 1.54. The maximum Gasteiger partial charge on any atom is 0.257 e. The molecular formula is C28H35N3O3. The van der Waals surface area contributed by atoms with Gasteiger partial charge in [0.25, 0.3) is 5.91 Å². The van der Waals surface area contributed by atoms with Crippen LogP contribution >= 0.6 is 0 Å². The van der Waals surface area contributed by atoms with Gasteiger partial charge >= 0.3 is 0 Å². The number of hydrogen-bond acceptors (Lipinski definition) is 5. The van der Waals surface area contributed by atoms with Crippen molar-refractivity contribution in [3.8, 4) is 6.07 Å². The van der Waals surface area contributed by atoms with E-state index in [-0.39, 0.29) is 28.9 Å². The number of benzene rings is 1. The third-order valence-corrected chi connectivity index (χ3v) is 8.06. The minimum Gasteiger partial charge on any atom is -0.472 e. The average molecular weight is 462 g/mol. The third-order valence-electron chi connectivity index (χ3n) is 8.06. The number of nitrogens with zero attached hydrogens (tertiary/aromatic N) is 3. The van der Waals surface area contributed by atoms with Gasteiger partial charge in [-0.3, -0.25) is 4.79 Å². The van der Waals surface area contributed by atoms with E-state index in [0.717, 1.165) is 23.2 Å². The van der Waals surface area contributed by atoms with Crippen molar-refractivity contribution < 1.29 is 13.9 Å². The number of nitriles is 1. The second kappa shape index (κ2) is 8.16.